The first-order valence-corrected chi connectivity index (χ1v) is 10.1. The Balaban J connectivity index is 1.45. The highest BCUT2D eigenvalue weighted by molar-refractivity contribution is 5.29. The van der Waals surface area contributed by atoms with Crippen molar-refractivity contribution in [3.8, 4) is 0 Å². The van der Waals surface area contributed by atoms with E-state index in [1.54, 1.807) is 0 Å². The second-order valence-corrected chi connectivity index (χ2v) is 8.94. The summed E-state index contributed by atoms with van der Waals surface area (Å²) in [6, 6.07) is 0.861. The van der Waals surface area contributed by atoms with Crippen LogP contribution in [0, 0.1) is 18.8 Å². The molecule has 1 radical (unpaired) electrons. The first-order valence-electron chi connectivity index (χ1n) is 10.1. The molecule has 0 N–H and O–H groups in total. The Kier molecular flexibility index (Phi) is 5.56. The lowest BCUT2D eigenvalue weighted by molar-refractivity contribution is -0.939. The fraction of sp³-hybridized carbons (Fsp3) is 0.773. The average Bonchev–Trinajstić information content (AvgIpc) is 3.28. The maximum absolute atomic E-state index is 6.30. The van der Waals surface area contributed by atoms with Gasteiger partial charge in [0.25, 0.3) is 0 Å². The van der Waals surface area contributed by atoms with Gasteiger partial charge in [0.1, 0.15) is 0 Å². The summed E-state index contributed by atoms with van der Waals surface area (Å²) in [4.78, 5) is 0. The third kappa shape index (κ3) is 4.32. The Morgan fingerprint density at radius 3 is 2.71 bits per heavy atom. The highest BCUT2D eigenvalue weighted by Gasteiger charge is 2.42. The molecular weight excluding hydrogens is 294 g/mol. The lowest BCUT2D eigenvalue weighted by Crippen LogP contribution is -2.52. The molecule has 0 spiro atoms. The van der Waals surface area contributed by atoms with Crippen LogP contribution in [-0.4, -0.2) is 42.4 Å². The van der Waals surface area contributed by atoms with Crippen molar-refractivity contribution in [3.63, 3.8) is 0 Å². The molecular formula is C22H37NO+. The number of likely N-dealkylation sites (tertiary alicyclic amines) is 1. The van der Waals surface area contributed by atoms with Gasteiger partial charge in [0, 0.05) is 25.2 Å². The van der Waals surface area contributed by atoms with Crippen LogP contribution >= 0.6 is 0 Å². The summed E-state index contributed by atoms with van der Waals surface area (Å²) < 4.78 is 7.68. The molecule has 135 valence electrons. The Labute approximate surface area is 149 Å². The van der Waals surface area contributed by atoms with Crippen molar-refractivity contribution < 1.29 is 9.22 Å². The minimum absolute atomic E-state index is 0.115. The first-order chi connectivity index (χ1) is 11.4. The molecule has 2 nitrogen and oxygen atoms in total. The minimum atomic E-state index is -0.115. The minimum Gasteiger partial charge on any atom is -0.371 e. The van der Waals surface area contributed by atoms with E-state index in [1.807, 2.05) is 0 Å². The Morgan fingerprint density at radius 2 is 2.17 bits per heavy atom. The average molecular weight is 332 g/mol. The Bertz CT molecular complexity index is 490. The fourth-order valence-electron chi connectivity index (χ4n) is 4.59. The standard InChI is InChI=1S/C22H37NO/c1-18(2)21-10-12-22(4,13-11-21)24-16-6-15-23(17-20-8-9-20)14-5-7-19(23)3/h10-12,18-20H,1,5-9,13-17H2,2-4H3/q+1. The third-order valence-electron chi connectivity index (χ3n) is 6.60. The highest BCUT2D eigenvalue weighted by atomic mass is 16.5. The molecule has 0 aromatic carbocycles. The normalized spacial score (nSPS) is 36.4. The van der Waals surface area contributed by atoms with Crippen LogP contribution in [0.2, 0.25) is 0 Å². The van der Waals surface area contributed by atoms with Gasteiger partial charge >= 0.3 is 0 Å². The van der Waals surface area contributed by atoms with Crippen molar-refractivity contribution in [2.24, 2.45) is 11.8 Å². The van der Waals surface area contributed by atoms with E-state index in [0.29, 0.717) is 5.92 Å². The van der Waals surface area contributed by atoms with Gasteiger partial charge in [0.2, 0.25) is 0 Å². The van der Waals surface area contributed by atoms with E-state index in [4.69, 9.17) is 4.74 Å². The molecule has 3 rings (SSSR count). The molecule has 1 saturated carbocycles. The van der Waals surface area contributed by atoms with Gasteiger partial charge in [-0.25, -0.2) is 0 Å². The summed E-state index contributed by atoms with van der Waals surface area (Å²) in [5.41, 5.74) is 1.23. The van der Waals surface area contributed by atoms with Crippen LogP contribution in [-0.2, 0) is 4.74 Å². The van der Waals surface area contributed by atoms with E-state index in [9.17, 15) is 0 Å². The second-order valence-electron chi connectivity index (χ2n) is 8.94. The second kappa shape index (κ2) is 7.33. The van der Waals surface area contributed by atoms with Crippen molar-refractivity contribution in [1.29, 1.82) is 0 Å². The smallest absolute Gasteiger partial charge is 0.0872 e. The first kappa shape index (κ1) is 18.2. The number of allylic oxidation sites excluding steroid dienone is 2. The van der Waals surface area contributed by atoms with Gasteiger partial charge in [0.15, 0.2) is 0 Å². The summed E-state index contributed by atoms with van der Waals surface area (Å²) in [7, 11) is 0. The van der Waals surface area contributed by atoms with Crippen LogP contribution in [0.1, 0.15) is 59.3 Å². The quantitative estimate of drug-likeness (QED) is 0.453. The van der Waals surface area contributed by atoms with Crippen molar-refractivity contribution in [2.75, 3.05) is 26.2 Å². The van der Waals surface area contributed by atoms with Crippen LogP contribution in [0.15, 0.2) is 23.8 Å². The molecule has 2 aliphatic carbocycles. The van der Waals surface area contributed by atoms with Gasteiger partial charge in [-0.3, -0.25) is 0 Å². The van der Waals surface area contributed by atoms with E-state index in [1.165, 1.54) is 61.8 Å². The lowest BCUT2D eigenvalue weighted by atomic mass is 9.89. The van der Waals surface area contributed by atoms with Crippen LogP contribution in [0.3, 0.4) is 0 Å². The fourth-order valence-corrected chi connectivity index (χ4v) is 4.59. The number of ether oxygens (including phenoxy) is 1. The van der Waals surface area contributed by atoms with E-state index >= 15 is 0 Å². The number of hydrogen-bond donors (Lipinski definition) is 0. The largest absolute Gasteiger partial charge is 0.371 e. The van der Waals surface area contributed by atoms with E-state index in [-0.39, 0.29) is 5.60 Å². The predicted molar refractivity (Wildman–Crippen MR) is 102 cm³/mol. The van der Waals surface area contributed by atoms with Crippen molar-refractivity contribution in [3.05, 3.63) is 30.7 Å². The summed E-state index contributed by atoms with van der Waals surface area (Å²) in [5, 5.41) is 0. The number of hydrogen-bond acceptors (Lipinski definition) is 1. The topological polar surface area (TPSA) is 9.23 Å². The summed E-state index contributed by atoms with van der Waals surface area (Å²) in [6.07, 6.45) is 14.7. The zero-order valence-electron chi connectivity index (χ0n) is 16.1. The van der Waals surface area contributed by atoms with E-state index < -0.39 is 0 Å². The zero-order valence-corrected chi connectivity index (χ0v) is 16.1. The number of rotatable bonds is 8. The molecule has 4 atom stereocenters. The number of quaternary nitrogens is 1. The maximum Gasteiger partial charge on any atom is 0.0872 e. The van der Waals surface area contributed by atoms with Gasteiger partial charge in [-0.05, 0) is 51.5 Å². The number of nitrogens with zero attached hydrogens (tertiary/aromatic N) is 1. The lowest BCUT2D eigenvalue weighted by Gasteiger charge is -2.39. The van der Waals surface area contributed by atoms with Gasteiger partial charge in [-0.15, -0.1) is 0 Å². The molecule has 3 aliphatic rings. The van der Waals surface area contributed by atoms with Crippen LogP contribution in [0.4, 0.5) is 0 Å². The molecule has 2 fully saturated rings. The van der Waals surface area contributed by atoms with E-state index in [2.05, 4.69) is 45.9 Å². The van der Waals surface area contributed by atoms with Crippen molar-refractivity contribution >= 4 is 0 Å². The molecule has 24 heavy (non-hydrogen) atoms. The Hall–Kier alpha value is -0.600. The molecule has 0 aromatic rings. The molecule has 0 bridgehead atoms. The van der Waals surface area contributed by atoms with Gasteiger partial charge in [-0.1, -0.05) is 25.2 Å². The van der Waals surface area contributed by atoms with Crippen LogP contribution < -0.4 is 0 Å². The van der Waals surface area contributed by atoms with Crippen LogP contribution in [0.25, 0.3) is 0 Å². The maximum atomic E-state index is 6.30. The summed E-state index contributed by atoms with van der Waals surface area (Å²) in [6.45, 7) is 16.0. The molecule has 1 heterocycles. The molecule has 1 aliphatic heterocycles. The monoisotopic (exact) mass is 331 g/mol. The van der Waals surface area contributed by atoms with Gasteiger partial charge < -0.3 is 9.22 Å². The Morgan fingerprint density at radius 1 is 1.38 bits per heavy atom. The zero-order chi connectivity index (χ0) is 17.2. The third-order valence-corrected chi connectivity index (χ3v) is 6.60. The summed E-state index contributed by atoms with van der Waals surface area (Å²) >= 11 is 0. The van der Waals surface area contributed by atoms with Gasteiger partial charge in [0.05, 0.1) is 37.9 Å². The molecule has 0 amide bonds. The molecule has 0 aromatic heterocycles. The highest BCUT2D eigenvalue weighted by Crippen LogP contribution is 2.37. The van der Waals surface area contributed by atoms with Crippen molar-refractivity contribution in [2.45, 2.75) is 70.9 Å². The molecule has 1 saturated heterocycles. The van der Waals surface area contributed by atoms with Crippen molar-refractivity contribution in [1.82, 2.24) is 0 Å². The predicted octanol–water partition coefficient (Wildman–Crippen LogP) is 4.92. The SMILES string of the molecule is [CH2]C(C)C1=CCC(C)(OCCC[N+]2(CC3CC3)CCCC2C)C=C1. The van der Waals surface area contributed by atoms with E-state index in [0.717, 1.165) is 25.0 Å². The molecule has 4 unspecified atom stereocenters. The van der Waals surface area contributed by atoms with Gasteiger partial charge in [-0.2, -0.15) is 0 Å². The molecule has 2 heteroatoms. The van der Waals surface area contributed by atoms with Crippen LogP contribution in [0.5, 0.6) is 0 Å². The summed E-state index contributed by atoms with van der Waals surface area (Å²) in [5.74, 6) is 1.40.